The van der Waals surface area contributed by atoms with Gasteiger partial charge in [-0.1, -0.05) is 12.8 Å². The highest BCUT2D eigenvalue weighted by atomic mass is 35.5. The quantitative estimate of drug-likeness (QED) is 0.820. The van der Waals surface area contributed by atoms with Gasteiger partial charge in [-0.3, -0.25) is 5.10 Å². The molecule has 1 N–H and O–H groups in total. The van der Waals surface area contributed by atoms with Gasteiger partial charge in [0.1, 0.15) is 5.82 Å². The number of aromatic nitrogens is 4. The predicted molar refractivity (Wildman–Crippen MR) is 79.0 cm³/mol. The van der Waals surface area contributed by atoms with Crippen molar-refractivity contribution in [2.75, 3.05) is 11.4 Å². The van der Waals surface area contributed by atoms with Crippen LogP contribution in [0.5, 0.6) is 0 Å². The molecule has 0 amide bonds. The second kappa shape index (κ2) is 4.88. The van der Waals surface area contributed by atoms with Gasteiger partial charge >= 0.3 is 0 Å². The Morgan fingerprint density at radius 3 is 2.95 bits per heavy atom. The lowest BCUT2D eigenvalue weighted by molar-refractivity contribution is 0.243. The van der Waals surface area contributed by atoms with Gasteiger partial charge in [-0.15, -0.1) is 0 Å². The molecule has 6 heteroatoms. The van der Waals surface area contributed by atoms with E-state index in [-0.39, 0.29) is 0 Å². The molecular weight excluding hydrogens is 274 g/mol. The normalized spacial score (nSPS) is 26.8. The molecular formula is C14H18ClN5. The average molecular weight is 292 g/mol. The van der Waals surface area contributed by atoms with Gasteiger partial charge in [0.2, 0.25) is 5.28 Å². The third kappa shape index (κ3) is 1.95. The molecule has 3 heterocycles. The third-order valence-electron chi connectivity index (χ3n) is 4.78. The highest BCUT2D eigenvalue weighted by molar-refractivity contribution is 6.28. The topological polar surface area (TPSA) is 57.7 Å². The van der Waals surface area contributed by atoms with Gasteiger partial charge in [0, 0.05) is 12.6 Å². The fourth-order valence-corrected chi connectivity index (χ4v) is 4.06. The summed E-state index contributed by atoms with van der Waals surface area (Å²) in [5.41, 5.74) is 0.734. The van der Waals surface area contributed by atoms with Crippen LogP contribution in [-0.4, -0.2) is 32.8 Å². The lowest BCUT2D eigenvalue weighted by Gasteiger charge is -2.44. The molecule has 1 saturated carbocycles. The number of rotatable bonds is 1. The number of nitrogens with zero attached hydrogens (tertiary/aromatic N) is 4. The van der Waals surface area contributed by atoms with Gasteiger partial charge in [-0.2, -0.15) is 15.1 Å². The van der Waals surface area contributed by atoms with Gasteiger partial charge in [0.15, 0.2) is 5.65 Å². The zero-order valence-corrected chi connectivity index (χ0v) is 12.1. The first-order valence-corrected chi connectivity index (χ1v) is 7.84. The van der Waals surface area contributed by atoms with E-state index in [1.807, 2.05) is 6.20 Å². The van der Waals surface area contributed by atoms with Gasteiger partial charge in [-0.05, 0) is 43.2 Å². The van der Waals surface area contributed by atoms with E-state index in [2.05, 4.69) is 25.1 Å². The van der Waals surface area contributed by atoms with E-state index in [0.29, 0.717) is 11.3 Å². The summed E-state index contributed by atoms with van der Waals surface area (Å²) in [4.78, 5) is 11.2. The van der Waals surface area contributed by atoms with E-state index < -0.39 is 0 Å². The number of aromatic amines is 1. The molecule has 20 heavy (non-hydrogen) atoms. The molecule has 1 saturated heterocycles. The average Bonchev–Trinajstić information content (AvgIpc) is 2.94. The van der Waals surface area contributed by atoms with E-state index in [9.17, 15) is 0 Å². The Bertz CT molecular complexity index is 623. The summed E-state index contributed by atoms with van der Waals surface area (Å²) >= 11 is 6.08. The lowest BCUT2D eigenvalue weighted by atomic mass is 9.78. The molecule has 1 aliphatic carbocycles. The molecule has 0 bridgehead atoms. The van der Waals surface area contributed by atoms with Crippen LogP contribution in [0, 0.1) is 5.92 Å². The van der Waals surface area contributed by atoms with Crippen molar-refractivity contribution in [3.05, 3.63) is 11.5 Å². The summed E-state index contributed by atoms with van der Waals surface area (Å²) in [6.07, 6.45) is 9.73. The van der Waals surface area contributed by atoms with Crippen molar-refractivity contribution in [2.45, 2.75) is 44.6 Å². The van der Waals surface area contributed by atoms with Gasteiger partial charge in [0.05, 0.1) is 11.6 Å². The summed E-state index contributed by atoms with van der Waals surface area (Å²) in [6, 6.07) is 0.613. The first-order valence-electron chi connectivity index (χ1n) is 7.46. The smallest absolute Gasteiger partial charge is 0.226 e. The number of hydrogen-bond acceptors (Lipinski definition) is 4. The molecule has 0 unspecified atom stereocenters. The van der Waals surface area contributed by atoms with E-state index in [1.165, 1.54) is 38.5 Å². The maximum absolute atomic E-state index is 6.08. The van der Waals surface area contributed by atoms with Crippen molar-refractivity contribution >= 4 is 28.5 Å². The van der Waals surface area contributed by atoms with Crippen molar-refractivity contribution in [3.8, 4) is 0 Å². The number of hydrogen-bond donors (Lipinski definition) is 1. The largest absolute Gasteiger partial charge is 0.353 e. The Morgan fingerprint density at radius 2 is 2.00 bits per heavy atom. The minimum Gasteiger partial charge on any atom is -0.353 e. The van der Waals surface area contributed by atoms with Crippen LogP contribution in [-0.2, 0) is 0 Å². The molecule has 2 atom stereocenters. The van der Waals surface area contributed by atoms with Crippen molar-refractivity contribution in [1.82, 2.24) is 20.2 Å². The summed E-state index contributed by atoms with van der Waals surface area (Å²) in [5.74, 6) is 1.78. The maximum atomic E-state index is 6.08. The molecule has 2 aliphatic rings. The van der Waals surface area contributed by atoms with Crippen molar-refractivity contribution in [1.29, 1.82) is 0 Å². The van der Waals surface area contributed by atoms with Gasteiger partial charge < -0.3 is 4.90 Å². The molecule has 4 rings (SSSR count). The van der Waals surface area contributed by atoms with E-state index in [0.717, 1.165) is 29.3 Å². The van der Waals surface area contributed by atoms with E-state index >= 15 is 0 Å². The second-order valence-electron chi connectivity index (χ2n) is 5.90. The highest BCUT2D eigenvalue weighted by Crippen LogP contribution is 2.38. The number of H-pyrrole nitrogens is 1. The first-order chi connectivity index (χ1) is 9.83. The molecule has 2 fully saturated rings. The molecule has 106 valence electrons. The Hall–Kier alpha value is -1.36. The molecule has 0 spiro atoms. The summed E-state index contributed by atoms with van der Waals surface area (Å²) in [5, 5.41) is 8.28. The van der Waals surface area contributed by atoms with Crippen LogP contribution < -0.4 is 4.90 Å². The second-order valence-corrected chi connectivity index (χ2v) is 6.23. The molecule has 1 aliphatic heterocycles. The van der Waals surface area contributed by atoms with Crippen LogP contribution in [0.3, 0.4) is 0 Å². The van der Waals surface area contributed by atoms with Crippen molar-refractivity contribution < 1.29 is 0 Å². The van der Waals surface area contributed by atoms with Crippen LogP contribution in [0.25, 0.3) is 11.0 Å². The highest BCUT2D eigenvalue weighted by Gasteiger charge is 2.34. The SMILES string of the molecule is Clc1nc(N2CCC[C@H]3CCCC[C@H]32)c2cn[nH]c2n1. The Labute approximate surface area is 122 Å². The minimum absolute atomic E-state index is 0.301. The number of nitrogens with one attached hydrogen (secondary N) is 1. The number of anilines is 1. The van der Waals surface area contributed by atoms with Crippen LogP contribution in [0.15, 0.2) is 6.20 Å². The standard InChI is InChI=1S/C14H18ClN5/c15-14-17-12-10(8-16-19-12)13(18-14)20-7-3-5-9-4-1-2-6-11(9)20/h8-9,11H,1-7H2,(H,16,17,18,19)/t9-,11-/m1/s1. The van der Waals surface area contributed by atoms with E-state index in [1.54, 1.807) is 0 Å². The van der Waals surface area contributed by atoms with Gasteiger partial charge in [0.25, 0.3) is 0 Å². The zero-order valence-electron chi connectivity index (χ0n) is 11.3. The monoisotopic (exact) mass is 291 g/mol. The number of fused-ring (bicyclic) bond motifs is 2. The minimum atomic E-state index is 0.301. The van der Waals surface area contributed by atoms with Crippen molar-refractivity contribution in [3.63, 3.8) is 0 Å². The summed E-state index contributed by atoms with van der Waals surface area (Å²) < 4.78 is 0. The summed E-state index contributed by atoms with van der Waals surface area (Å²) in [7, 11) is 0. The number of piperidine rings is 1. The summed E-state index contributed by atoms with van der Waals surface area (Å²) in [6.45, 7) is 1.06. The Balaban J connectivity index is 1.79. The molecule has 2 aromatic heterocycles. The van der Waals surface area contributed by atoms with Crippen molar-refractivity contribution in [2.24, 2.45) is 5.92 Å². The Kier molecular flexibility index (Phi) is 3.02. The molecule has 0 radical (unpaired) electrons. The van der Waals surface area contributed by atoms with Gasteiger partial charge in [-0.25, -0.2) is 0 Å². The number of halogens is 1. The fraction of sp³-hybridized carbons (Fsp3) is 0.643. The van der Waals surface area contributed by atoms with Crippen LogP contribution in [0.2, 0.25) is 5.28 Å². The van der Waals surface area contributed by atoms with E-state index in [4.69, 9.17) is 11.6 Å². The van der Waals surface area contributed by atoms with Crippen LogP contribution >= 0.6 is 11.6 Å². The zero-order chi connectivity index (χ0) is 13.5. The third-order valence-corrected chi connectivity index (χ3v) is 4.95. The maximum Gasteiger partial charge on any atom is 0.226 e. The predicted octanol–water partition coefficient (Wildman–Crippen LogP) is 3.17. The molecule has 5 nitrogen and oxygen atoms in total. The fourth-order valence-electron chi connectivity index (χ4n) is 3.90. The first kappa shape index (κ1) is 12.4. The van der Waals surface area contributed by atoms with Crippen LogP contribution in [0.4, 0.5) is 5.82 Å². The Morgan fingerprint density at radius 1 is 1.15 bits per heavy atom. The lowest BCUT2D eigenvalue weighted by Crippen LogP contribution is -2.47. The molecule has 0 aromatic carbocycles. The van der Waals surface area contributed by atoms with Crippen LogP contribution in [0.1, 0.15) is 38.5 Å². The molecule has 2 aromatic rings.